The second-order valence-electron chi connectivity index (χ2n) is 4.92. The van der Waals surface area contributed by atoms with Crippen LogP contribution in [0.5, 0.6) is 0 Å². The van der Waals surface area contributed by atoms with Gasteiger partial charge in [0.15, 0.2) is 0 Å². The van der Waals surface area contributed by atoms with Crippen LogP contribution in [0, 0.1) is 11.5 Å². The third kappa shape index (κ3) is 4.25. The molecule has 0 bridgehead atoms. The summed E-state index contributed by atoms with van der Waals surface area (Å²) in [7, 11) is 0. The molecule has 0 aliphatic heterocycles. The van der Waals surface area contributed by atoms with Gasteiger partial charge in [0.05, 0.1) is 0 Å². The summed E-state index contributed by atoms with van der Waals surface area (Å²) in [5.41, 5.74) is 3.26. The van der Waals surface area contributed by atoms with Crippen LogP contribution in [0.1, 0.15) is 53.4 Å². The minimum Gasteiger partial charge on any atom is -0.269 e. The zero-order valence-corrected chi connectivity index (χ0v) is 13.5. The first-order valence-corrected chi connectivity index (χ1v) is 5.35. The molecule has 1 rings (SSSR count). The Morgan fingerprint density at radius 1 is 1.36 bits per heavy atom. The predicted molar refractivity (Wildman–Crippen MR) is 58.4 cm³/mol. The van der Waals surface area contributed by atoms with E-state index in [2.05, 4.69) is 39.8 Å². The second kappa shape index (κ2) is 6.05. The van der Waals surface area contributed by atoms with Gasteiger partial charge in [0.2, 0.25) is 0 Å². The average Bonchev–Trinajstić information content (AvgIpc) is 2.47. The van der Waals surface area contributed by atoms with Crippen molar-refractivity contribution in [3.05, 3.63) is 23.3 Å². The molecule has 0 aromatic carbocycles. The minimum atomic E-state index is 0. The van der Waals surface area contributed by atoms with Crippen molar-refractivity contribution < 1.29 is 25.8 Å². The molecule has 0 N–H and O–H groups in total. The maximum absolute atomic E-state index is 3.48. The van der Waals surface area contributed by atoms with Gasteiger partial charge in [0.25, 0.3) is 0 Å². The molecule has 0 aromatic heterocycles. The number of rotatable bonds is 3. The topological polar surface area (TPSA) is 0 Å². The van der Waals surface area contributed by atoms with Crippen LogP contribution in [-0.2, 0) is 25.8 Å². The van der Waals surface area contributed by atoms with Gasteiger partial charge in [0, 0.05) is 25.8 Å². The van der Waals surface area contributed by atoms with E-state index >= 15 is 0 Å². The molecule has 14 heavy (non-hydrogen) atoms. The molecular weight excluding hydrogens is 335 g/mol. The van der Waals surface area contributed by atoms with Gasteiger partial charge < -0.3 is 0 Å². The Hall–Kier alpha value is 0.350. The van der Waals surface area contributed by atoms with E-state index in [4.69, 9.17) is 0 Å². The third-order valence-electron chi connectivity index (χ3n) is 2.51. The standard InChI is InChI=1S/C13H21.Hf/c1-5-6-7-11-8-9-12(10-11)13(2,3)4;/h10H,5-8H2,1-4H3;/q-1;. The van der Waals surface area contributed by atoms with Gasteiger partial charge in [-0.1, -0.05) is 40.5 Å². The molecule has 0 nitrogen and oxygen atoms in total. The van der Waals surface area contributed by atoms with E-state index in [9.17, 15) is 0 Å². The summed E-state index contributed by atoms with van der Waals surface area (Å²) in [4.78, 5) is 0. The Morgan fingerprint density at radius 2 is 2.00 bits per heavy atom. The predicted octanol–water partition coefficient (Wildman–Crippen LogP) is 4.28. The van der Waals surface area contributed by atoms with Gasteiger partial charge in [-0.3, -0.25) is 6.08 Å². The van der Waals surface area contributed by atoms with Gasteiger partial charge in [-0.05, 0) is 11.8 Å². The minimum absolute atomic E-state index is 0. The van der Waals surface area contributed by atoms with Crippen LogP contribution in [0.25, 0.3) is 0 Å². The first-order valence-electron chi connectivity index (χ1n) is 5.35. The van der Waals surface area contributed by atoms with Crippen LogP contribution in [-0.4, -0.2) is 0 Å². The summed E-state index contributed by atoms with van der Waals surface area (Å²) in [5.74, 6) is 0. The van der Waals surface area contributed by atoms with Crippen LogP contribution in [0.15, 0.2) is 17.2 Å². The van der Waals surface area contributed by atoms with Crippen LogP contribution < -0.4 is 0 Å². The van der Waals surface area contributed by atoms with Crippen molar-refractivity contribution >= 4 is 0 Å². The molecule has 0 heterocycles. The fourth-order valence-electron chi connectivity index (χ4n) is 1.56. The van der Waals surface area contributed by atoms with E-state index in [0.29, 0.717) is 0 Å². The van der Waals surface area contributed by atoms with Crippen LogP contribution in [0.2, 0.25) is 0 Å². The van der Waals surface area contributed by atoms with E-state index in [1.165, 1.54) is 24.8 Å². The molecule has 1 heteroatoms. The average molecular weight is 356 g/mol. The van der Waals surface area contributed by atoms with Crippen molar-refractivity contribution in [2.75, 3.05) is 0 Å². The normalized spacial score (nSPS) is 16.0. The van der Waals surface area contributed by atoms with Gasteiger partial charge in [-0.15, -0.1) is 6.42 Å². The molecule has 0 saturated heterocycles. The molecule has 0 fully saturated rings. The van der Waals surface area contributed by atoms with Gasteiger partial charge in [0.1, 0.15) is 0 Å². The molecule has 0 saturated carbocycles. The molecule has 0 aromatic rings. The van der Waals surface area contributed by atoms with E-state index < -0.39 is 0 Å². The van der Waals surface area contributed by atoms with E-state index in [1.54, 1.807) is 5.57 Å². The fraction of sp³-hybridized carbons (Fsp3) is 0.692. The van der Waals surface area contributed by atoms with Crippen LogP contribution >= 0.6 is 0 Å². The SMILES string of the molecule is CCCCC1=CC(C(C)(C)C)=[C-]C1.[Hf]. The number of unbranched alkanes of at least 4 members (excludes halogenated alkanes) is 1. The second-order valence-corrected chi connectivity index (χ2v) is 4.92. The fourth-order valence-corrected chi connectivity index (χ4v) is 1.56. The Labute approximate surface area is 108 Å². The Bertz CT molecular complexity index is 228. The quantitative estimate of drug-likeness (QED) is 0.523. The number of hydrogen-bond acceptors (Lipinski definition) is 0. The van der Waals surface area contributed by atoms with Gasteiger partial charge in [-0.2, -0.15) is 5.57 Å². The van der Waals surface area contributed by atoms with Crippen molar-refractivity contribution in [2.45, 2.75) is 53.4 Å². The molecule has 0 spiro atoms. The summed E-state index contributed by atoms with van der Waals surface area (Å²) in [6.45, 7) is 9.02. The van der Waals surface area contributed by atoms with Crippen LogP contribution in [0.4, 0.5) is 0 Å². The summed E-state index contributed by atoms with van der Waals surface area (Å²) >= 11 is 0. The molecule has 0 atom stereocenters. The Balaban J connectivity index is 0.00000169. The molecule has 1 aliphatic rings. The van der Waals surface area contributed by atoms with E-state index in [1.807, 2.05) is 0 Å². The number of allylic oxidation sites excluding steroid dienone is 4. The number of hydrogen-bond donors (Lipinski definition) is 0. The Kier molecular flexibility index (Phi) is 6.20. The van der Waals surface area contributed by atoms with E-state index in [-0.39, 0.29) is 31.3 Å². The summed E-state index contributed by atoms with van der Waals surface area (Å²) < 4.78 is 0. The van der Waals surface area contributed by atoms with Crippen molar-refractivity contribution in [3.63, 3.8) is 0 Å². The van der Waals surface area contributed by atoms with Crippen molar-refractivity contribution in [1.29, 1.82) is 0 Å². The molecule has 1 aliphatic carbocycles. The van der Waals surface area contributed by atoms with Gasteiger partial charge >= 0.3 is 0 Å². The molecule has 0 amide bonds. The van der Waals surface area contributed by atoms with Gasteiger partial charge in [-0.25, -0.2) is 11.6 Å². The monoisotopic (exact) mass is 357 g/mol. The van der Waals surface area contributed by atoms with Crippen LogP contribution in [0.3, 0.4) is 0 Å². The zero-order valence-electron chi connectivity index (χ0n) is 9.91. The first-order chi connectivity index (χ1) is 6.04. The van der Waals surface area contributed by atoms with Crippen molar-refractivity contribution in [3.8, 4) is 0 Å². The summed E-state index contributed by atoms with van der Waals surface area (Å²) in [6.07, 6.45) is 10.8. The molecule has 0 unspecified atom stereocenters. The maximum atomic E-state index is 3.48. The smallest absolute Gasteiger partial charge is 0 e. The summed E-state index contributed by atoms with van der Waals surface area (Å²) in [5, 5.41) is 0. The molecule has 0 radical (unpaired) electrons. The maximum Gasteiger partial charge on any atom is 0 e. The third-order valence-corrected chi connectivity index (χ3v) is 2.51. The zero-order chi connectivity index (χ0) is 9.90. The molecular formula is C13H21Hf-. The summed E-state index contributed by atoms with van der Waals surface area (Å²) in [6, 6.07) is 0. The Morgan fingerprint density at radius 3 is 2.43 bits per heavy atom. The van der Waals surface area contributed by atoms with Crippen molar-refractivity contribution in [1.82, 2.24) is 0 Å². The largest absolute Gasteiger partial charge is 0.269 e. The van der Waals surface area contributed by atoms with Crippen molar-refractivity contribution in [2.24, 2.45) is 5.41 Å². The van der Waals surface area contributed by atoms with E-state index in [0.717, 1.165) is 6.42 Å². The first kappa shape index (κ1) is 14.4. The molecule has 78 valence electrons.